The van der Waals surface area contributed by atoms with Crippen LogP contribution in [0.1, 0.15) is 43.5 Å². The third kappa shape index (κ3) is 5.79. The van der Waals surface area contributed by atoms with Crippen molar-refractivity contribution in [2.24, 2.45) is 5.73 Å². The van der Waals surface area contributed by atoms with Gasteiger partial charge < -0.3 is 20.6 Å². The third-order valence-electron chi connectivity index (χ3n) is 3.72. The van der Waals surface area contributed by atoms with E-state index in [0.29, 0.717) is 19.3 Å². The molecule has 1 aromatic heterocycles. The average molecular weight is 316 g/mol. The average Bonchev–Trinajstić information content (AvgIpc) is 3.05. The number of hydrogen-bond acceptors (Lipinski definition) is 3. The van der Waals surface area contributed by atoms with Crippen LogP contribution >= 0.6 is 0 Å². The van der Waals surface area contributed by atoms with Crippen LogP contribution in [-0.4, -0.2) is 22.1 Å². The SMILES string of the molecule is CC(CCC(N)=O)Oc1cccc(CCC(O)c2ccc[nH]2)c1. The Kier molecular flexibility index (Phi) is 6.23. The fraction of sp³-hybridized carbons (Fsp3) is 0.389. The van der Waals surface area contributed by atoms with E-state index in [1.54, 1.807) is 6.20 Å². The number of amides is 1. The number of aryl methyl sites for hydroxylation is 1. The number of hydrogen-bond donors (Lipinski definition) is 3. The molecule has 0 aliphatic rings. The van der Waals surface area contributed by atoms with Crippen LogP contribution in [0.15, 0.2) is 42.6 Å². The highest BCUT2D eigenvalue weighted by Gasteiger charge is 2.10. The number of aliphatic hydroxyl groups is 1. The van der Waals surface area contributed by atoms with E-state index in [1.165, 1.54) is 0 Å². The van der Waals surface area contributed by atoms with Gasteiger partial charge in [-0.25, -0.2) is 0 Å². The molecule has 0 aliphatic carbocycles. The molecule has 0 fully saturated rings. The quantitative estimate of drug-likeness (QED) is 0.664. The van der Waals surface area contributed by atoms with Crippen LogP contribution in [0, 0.1) is 0 Å². The number of nitrogens with one attached hydrogen (secondary N) is 1. The van der Waals surface area contributed by atoms with Gasteiger partial charge in [0.05, 0.1) is 12.2 Å². The second kappa shape index (κ2) is 8.39. The number of carbonyl (C=O) groups excluding carboxylic acids is 1. The van der Waals surface area contributed by atoms with Gasteiger partial charge in [-0.05, 0) is 56.0 Å². The van der Waals surface area contributed by atoms with Gasteiger partial charge in [0.15, 0.2) is 0 Å². The Morgan fingerprint density at radius 2 is 2.13 bits per heavy atom. The number of benzene rings is 1. The second-order valence-corrected chi connectivity index (χ2v) is 5.76. The van der Waals surface area contributed by atoms with Gasteiger partial charge in [0.2, 0.25) is 5.91 Å². The largest absolute Gasteiger partial charge is 0.491 e. The highest BCUT2D eigenvalue weighted by Crippen LogP contribution is 2.21. The Morgan fingerprint density at radius 3 is 2.83 bits per heavy atom. The van der Waals surface area contributed by atoms with E-state index >= 15 is 0 Å². The molecule has 0 saturated carbocycles. The summed E-state index contributed by atoms with van der Waals surface area (Å²) in [6.07, 6.45) is 3.56. The van der Waals surface area contributed by atoms with E-state index in [4.69, 9.17) is 10.5 Å². The Balaban J connectivity index is 1.85. The summed E-state index contributed by atoms with van der Waals surface area (Å²) in [6, 6.07) is 11.6. The first-order chi connectivity index (χ1) is 11.0. The number of aromatic nitrogens is 1. The van der Waals surface area contributed by atoms with E-state index in [2.05, 4.69) is 4.98 Å². The lowest BCUT2D eigenvalue weighted by Gasteiger charge is -2.15. The minimum absolute atomic E-state index is 0.0674. The minimum Gasteiger partial charge on any atom is -0.491 e. The zero-order valence-electron chi connectivity index (χ0n) is 13.4. The lowest BCUT2D eigenvalue weighted by Crippen LogP contribution is -2.17. The summed E-state index contributed by atoms with van der Waals surface area (Å²) in [7, 11) is 0. The van der Waals surface area contributed by atoms with E-state index < -0.39 is 6.10 Å². The molecule has 0 spiro atoms. The molecule has 1 amide bonds. The lowest BCUT2D eigenvalue weighted by atomic mass is 10.0. The van der Waals surface area contributed by atoms with Gasteiger partial charge in [0, 0.05) is 18.3 Å². The summed E-state index contributed by atoms with van der Waals surface area (Å²) in [5, 5.41) is 10.1. The predicted octanol–water partition coefficient (Wildman–Crippen LogP) is 2.71. The molecule has 0 saturated heterocycles. The van der Waals surface area contributed by atoms with Gasteiger partial charge in [-0.3, -0.25) is 4.79 Å². The molecule has 2 atom stereocenters. The predicted molar refractivity (Wildman–Crippen MR) is 89.0 cm³/mol. The maximum atomic E-state index is 10.8. The van der Waals surface area contributed by atoms with Crippen molar-refractivity contribution in [3.63, 3.8) is 0 Å². The molecule has 4 N–H and O–H groups in total. The number of ether oxygens (including phenoxy) is 1. The summed E-state index contributed by atoms with van der Waals surface area (Å²) in [4.78, 5) is 13.8. The second-order valence-electron chi connectivity index (χ2n) is 5.76. The van der Waals surface area contributed by atoms with Crippen LogP contribution in [0.5, 0.6) is 5.75 Å². The molecular formula is C18H24N2O3. The van der Waals surface area contributed by atoms with Crippen molar-refractivity contribution in [3.8, 4) is 5.75 Å². The van der Waals surface area contributed by atoms with E-state index in [-0.39, 0.29) is 12.0 Å². The first-order valence-electron chi connectivity index (χ1n) is 7.90. The van der Waals surface area contributed by atoms with Crippen LogP contribution in [-0.2, 0) is 11.2 Å². The molecular weight excluding hydrogens is 292 g/mol. The number of nitrogens with two attached hydrogens (primary N) is 1. The lowest BCUT2D eigenvalue weighted by molar-refractivity contribution is -0.118. The fourth-order valence-corrected chi connectivity index (χ4v) is 2.42. The Hall–Kier alpha value is -2.27. The minimum atomic E-state index is -0.496. The molecule has 2 aromatic rings. The maximum Gasteiger partial charge on any atom is 0.217 e. The van der Waals surface area contributed by atoms with Crippen molar-refractivity contribution in [1.29, 1.82) is 0 Å². The van der Waals surface area contributed by atoms with Crippen LogP contribution in [0.25, 0.3) is 0 Å². The van der Waals surface area contributed by atoms with E-state index in [9.17, 15) is 9.90 Å². The first kappa shape index (κ1) is 17.1. The van der Waals surface area contributed by atoms with E-state index in [1.807, 2.05) is 43.3 Å². The third-order valence-corrected chi connectivity index (χ3v) is 3.72. The monoisotopic (exact) mass is 316 g/mol. The zero-order valence-corrected chi connectivity index (χ0v) is 13.4. The first-order valence-corrected chi connectivity index (χ1v) is 7.90. The molecule has 2 rings (SSSR count). The standard InChI is InChI=1S/C18H24N2O3/c1-13(7-10-18(19)22)23-15-5-2-4-14(12-15)8-9-17(21)16-6-3-11-20-16/h2-6,11-13,17,20-21H,7-10H2,1H3,(H2,19,22). The van der Waals surface area contributed by atoms with Crippen LogP contribution in [0.3, 0.4) is 0 Å². The van der Waals surface area contributed by atoms with Crippen LogP contribution in [0.4, 0.5) is 0 Å². The van der Waals surface area contributed by atoms with Gasteiger partial charge in [-0.15, -0.1) is 0 Å². The van der Waals surface area contributed by atoms with Gasteiger partial charge in [0.1, 0.15) is 5.75 Å². The zero-order chi connectivity index (χ0) is 16.7. The van der Waals surface area contributed by atoms with Crippen LogP contribution in [0.2, 0.25) is 0 Å². The Bertz CT molecular complexity index is 610. The summed E-state index contributed by atoms with van der Waals surface area (Å²) in [5.74, 6) is 0.460. The highest BCUT2D eigenvalue weighted by atomic mass is 16.5. The molecule has 5 nitrogen and oxygen atoms in total. The Morgan fingerprint density at radius 1 is 1.30 bits per heavy atom. The molecule has 0 bridgehead atoms. The van der Waals surface area contributed by atoms with Crippen molar-refractivity contribution >= 4 is 5.91 Å². The smallest absolute Gasteiger partial charge is 0.217 e. The van der Waals surface area contributed by atoms with Crippen molar-refractivity contribution in [1.82, 2.24) is 4.98 Å². The van der Waals surface area contributed by atoms with Gasteiger partial charge in [-0.1, -0.05) is 12.1 Å². The topological polar surface area (TPSA) is 88.3 Å². The molecule has 1 aromatic carbocycles. The highest BCUT2D eigenvalue weighted by molar-refractivity contribution is 5.73. The van der Waals surface area contributed by atoms with Crippen LogP contribution < -0.4 is 10.5 Å². The number of aliphatic hydroxyl groups excluding tert-OH is 1. The Labute approximate surface area is 136 Å². The van der Waals surface area contributed by atoms with Crippen molar-refractivity contribution in [3.05, 3.63) is 53.9 Å². The van der Waals surface area contributed by atoms with Crippen molar-refractivity contribution < 1.29 is 14.6 Å². The maximum absolute atomic E-state index is 10.8. The number of primary amides is 1. The normalized spacial score (nSPS) is 13.5. The number of rotatable bonds is 9. The molecule has 0 radical (unpaired) electrons. The van der Waals surface area contributed by atoms with Gasteiger partial charge >= 0.3 is 0 Å². The van der Waals surface area contributed by atoms with Gasteiger partial charge in [-0.2, -0.15) is 0 Å². The molecule has 124 valence electrons. The molecule has 2 unspecified atom stereocenters. The van der Waals surface area contributed by atoms with Gasteiger partial charge in [0.25, 0.3) is 0 Å². The van der Waals surface area contributed by atoms with Crippen molar-refractivity contribution in [2.75, 3.05) is 0 Å². The summed E-state index contributed by atoms with van der Waals surface area (Å²) < 4.78 is 5.81. The summed E-state index contributed by atoms with van der Waals surface area (Å²) in [6.45, 7) is 1.92. The molecule has 23 heavy (non-hydrogen) atoms. The molecule has 5 heteroatoms. The molecule has 1 heterocycles. The van der Waals surface area contributed by atoms with E-state index in [0.717, 1.165) is 23.4 Å². The summed E-state index contributed by atoms with van der Waals surface area (Å²) >= 11 is 0. The number of carbonyl (C=O) groups is 1. The number of aromatic amines is 1. The number of H-pyrrole nitrogens is 1. The fourth-order valence-electron chi connectivity index (χ4n) is 2.42. The summed E-state index contributed by atoms with van der Waals surface area (Å²) in [5.41, 5.74) is 7.08. The molecule has 0 aliphatic heterocycles. The van der Waals surface area contributed by atoms with Crippen molar-refractivity contribution in [2.45, 2.75) is 44.8 Å².